The molecule has 0 saturated heterocycles. The number of halogens is 1. The van der Waals surface area contributed by atoms with Crippen LogP contribution in [0.2, 0.25) is 0 Å². The van der Waals surface area contributed by atoms with E-state index in [0.717, 1.165) is 25.4 Å². The summed E-state index contributed by atoms with van der Waals surface area (Å²) in [5.41, 5.74) is 2.57. The summed E-state index contributed by atoms with van der Waals surface area (Å²) in [5.74, 6) is 1.57. The first kappa shape index (κ1) is 16.3. The Morgan fingerprint density at radius 3 is 2.59 bits per heavy atom. The van der Waals surface area contributed by atoms with E-state index in [1.807, 2.05) is 0 Å². The molecule has 1 rings (SSSR count). The first-order valence-corrected chi connectivity index (χ1v) is 6.20. The van der Waals surface area contributed by atoms with Crippen molar-refractivity contribution < 1.29 is 22.5 Å². The molecule has 1 aromatic rings. The van der Waals surface area contributed by atoms with Gasteiger partial charge in [-0.2, -0.15) is 0 Å². The normalized spacial score (nSPS) is 10.2. The molecule has 0 heterocycles. The SMILES string of the molecule is CC[NH2+]CCOc1cc(C)ccc1C(C)C.[Cl-]. The minimum atomic E-state index is 0. The van der Waals surface area contributed by atoms with Crippen molar-refractivity contribution in [2.75, 3.05) is 19.7 Å². The Labute approximate surface area is 111 Å². The van der Waals surface area contributed by atoms with Gasteiger partial charge in [-0.05, 0) is 37.0 Å². The van der Waals surface area contributed by atoms with Crippen LogP contribution in [0.25, 0.3) is 0 Å². The van der Waals surface area contributed by atoms with Gasteiger partial charge in [-0.1, -0.05) is 26.0 Å². The molecule has 0 aliphatic rings. The molecule has 0 aromatic heterocycles. The fourth-order valence-electron chi connectivity index (χ4n) is 1.70. The molecular formula is C14H24ClNO. The number of ether oxygens (including phenoxy) is 1. The van der Waals surface area contributed by atoms with Crippen molar-refractivity contribution in [1.29, 1.82) is 0 Å². The summed E-state index contributed by atoms with van der Waals surface area (Å²) in [6.07, 6.45) is 0. The molecule has 0 spiro atoms. The van der Waals surface area contributed by atoms with E-state index in [4.69, 9.17) is 4.74 Å². The molecule has 2 N–H and O–H groups in total. The number of likely N-dealkylation sites (N-methyl/N-ethyl adjacent to an activating group) is 1. The average Bonchev–Trinajstić information content (AvgIpc) is 2.24. The van der Waals surface area contributed by atoms with Crippen LogP contribution in [0.1, 0.15) is 37.8 Å². The summed E-state index contributed by atoms with van der Waals surface area (Å²) in [4.78, 5) is 0. The fourth-order valence-corrected chi connectivity index (χ4v) is 1.70. The van der Waals surface area contributed by atoms with Crippen LogP contribution in [-0.2, 0) is 0 Å². The summed E-state index contributed by atoms with van der Waals surface area (Å²) in [6.45, 7) is 11.6. The van der Waals surface area contributed by atoms with Crippen LogP contribution < -0.4 is 22.5 Å². The Hall–Kier alpha value is -0.730. The largest absolute Gasteiger partial charge is 1.00 e. The van der Waals surface area contributed by atoms with Gasteiger partial charge in [-0.3, -0.25) is 0 Å². The summed E-state index contributed by atoms with van der Waals surface area (Å²) < 4.78 is 5.85. The lowest BCUT2D eigenvalue weighted by atomic mass is 10.0. The molecule has 0 fully saturated rings. The van der Waals surface area contributed by atoms with Crippen molar-refractivity contribution in [1.82, 2.24) is 0 Å². The van der Waals surface area contributed by atoms with Crippen LogP contribution >= 0.6 is 0 Å². The zero-order chi connectivity index (χ0) is 12.0. The van der Waals surface area contributed by atoms with Crippen molar-refractivity contribution in [2.45, 2.75) is 33.6 Å². The van der Waals surface area contributed by atoms with E-state index in [2.05, 4.69) is 51.2 Å². The van der Waals surface area contributed by atoms with Crippen LogP contribution in [0.3, 0.4) is 0 Å². The lowest BCUT2D eigenvalue weighted by Gasteiger charge is -2.14. The molecule has 98 valence electrons. The third-order valence-electron chi connectivity index (χ3n) is 2.66. The quantitative estimate of drug-likeness (QED) is 0.656. The number of rotatable bonds is 6. The van der Waals surface area contributed by atoms with Crippen molar-refractivity contribution in [3.8, 4) is 5.75 Å². The monoisotopic (exact) mass is 257 g/mol. The van der Waals surface area contributed by atoms with Gasteiger partial charge >= 0.3 is 0 Å². The highest BCUT2D eigenvalue weighted by atomic mass is 35.5. The number of hydrogen-bond donors (Lipinski definition) is 1. The summed E-state index contributed by atoms with van der Waals surface area (Å²) in [5, 5.41) is 2.25. The van der Waals surface area contributed by atoms with Crippen LogP contribution in [0, 0.1) is 6.92 Å². The molecule has 2 nitrogen and oxygen atoms in total. The maximum Gasteiger partial charge on any atom is 0.137 e. The van der Waals surface area contributed by atoms with E-state index in [-0.39, 0.29) is 12.4 Å². The molecule has 0 bridgehead atoms. The molecule has 3 heteroatoms. The van der Waals surface area contributed by atoms with E-state index in [9.17, 15) is 0 Å². The van der Waals surface area contributed by atoms with Crippen LogP contribution in [0.4, 0.5) is 0 Å². The van der Waals surface area contributed by atoms with Gasteiger partial charge in [0.1, 0.15) is 18.9 Å². The number of benzene rings is 1. The molecule has 0 radical (unpaired) electrons. The third kappa shape index (κ3) is 5.42. The van der Waals surface area contributed by atoms with E-state index >= 15 is 0 Å². The summed E-state index contributed by atoms with van der Waals surface area (Å²) >= 11 is 0. The predicted molar refractivity (Wildman–Crippen MR) is 68.1 cm³/mol. The third-order valence-corrected chi connectivity index (χ3v) is 2.66. The van der Waals surface area contributed by atoms with Gasteiger partial charge in [0.15, 0.2) is 0 Å². The Bertz CT molecular complexity index is 326. The molecule has 0 saturated carbocycles. The van der Waals surface area contributed by atoms with Gasteiger partial charge < -0.3 is 22.5 Å². The van der Waals surface area contributed by atoms with E-state index in [1.165, 1.54) is 11.1 Å². The second kappa shape index (κ2) is 8.37. The molecule has 0 atom stereocenters. The lowest BCUT2D eigenvalue weighted by Crippen LogP contribution is -3.00. The fraction of sp³-hybridized carbons (Fsp3) is 0.571. The van der Waals surface area contributed by atoms with Gasteiger partial charge in [-0.25, -0.2) is 0 Å². The molecule has 0 unspecified atom stereocenters. The van der Waals surface area contributed by atoms with Gasteiger partial charge in [0.25, 0.3) is 0 Å². The van der Waals surface area contributed by atoms with Gasteiger partial charge in [0.2, 0.25) is 0 Å². The highest BCUT2D eigenvalue weighted by Crippen LogP contribution is 2.27. The van der Waals surface area contributed by atoms with E-state index in [0.29, 0.717) is 5.92 Å². The molecular weight excluding hydrogens is 234 g/mol. The standard InChI is InChI=1S/C14H23NO.ClH/c1-5-15-8-9-16-14-10-12(4)6-7-13(14)11(2)3;/h6-7,10-11,15H,5,8-9H2,1-4H3;1H. The van der Waals surface area contributed by atoms with Crippen molar-refractivity contribution in [3.63, 3.8) is 0 Å². The van der Waals surface area contributed by atoms with Crippen molar-refractivity contribution in [3.05, 3.63) is 29.3 Å². The van der Waals surface area contributed by atoms with Crippen molar-refractivity contribution >= 4 is 0 Å². The van der Waals surface area contributed by atoms with Crippen LogP contribution in [-0.4, -0.2) is 19.7 Å². The minimum absolute atomic E-state index is 0. The average molecular weight is 258 g/mol. The van der Waals surface area contributed by atoms with E-state index in [1.54, 1.807) is 0 Å². The maximum absolute atomic E-state index is 5.85. The molecule has 17 heavy (non-hydrogen) atoms. The molecule has 1 aromatic carbocycles. The first-order valence-electron chi connectivity index (χ1n) is 6.20. The zero-order valence-corrected chi connectivity index (χ0v) is 12.1. The molecule has 0 amide bonds. The maximum atomic E-state index is 5.85. The van der Waals surface area contributed by atoms with Gasteiger partial charge in [-0.15, -0.1) is 0 Å². The smallest absolute Gasteiger partial charge is 0.137 e. The summed E-state index contributed by atoms with van der Waals surface area (Å²) in [7, 11) is 0. The second-order valence-corrected chi connectivity index (χ2v) is 4.53. The van der Waals surface area contributed by atoms with Crippen molar-refractivity contribution in [2.24, 2.45) is 0 Å². The zero-order valence-electron chi connectivity index (χ0n) is 11.3. The Morgan fingerprint density at radius 1 is 1.29 bits per heavy atom. The van der Waals surface area contributed by atoms with E-state index < -0.39 is 0 Å². The lowest BCUT2D eigenvalue weighted by molar-refractivity contribution is -0.652. The van der Waals surface area contributed by atoms with Crippen LogP contribution in [0.15, 0.2) is 18.2 Å². The number of quaternary nitrogens is 1. The van der Waals surface area contributed by atoms with Gasteiger partial charge in [0.05, 0.1) is 6.54 Å². The second-order valence-electron chi connectivity index (χ2n) is 4.53. The number of hydrogen-bond acceptors (Lipinski definition) is 1. The molecule has 0 aliphatic heterocycles. The Balaban J connectivity index is 0.00000256. The molecule has 0 aliphatic carbocycles. The van der Waals surface area contributed by atoms with Crippen LogP contribution in [0.5, 0.6) is 5.75 Å². The Kier molecular flexibility index (Phi) is 8.01. The summed E-state index contributed by atoms with van der Waals surface area (Å²) in [6, 6.07) is 6.47. The predicted octanol–water partition coefficient (Wildman–Crippen LogP) is -0.915. The highest BCUT2D eigenvalue weighted by molar-refractivity contribution is 5.39. The topological polar surface area (TPSA) is 25.8 Å². The number of aryl methyl sites for hydroxylation is 1. The minimum Gasteiger partial charge on any atom is -1.00 e. The first-order chi connectivity index (χ1) is 7.65. The number of nitrogens with two attached hydrogens (primary N) is 1. The van der Waals surface area contributed by atoms with Gasteiger partial charge in [0, 0.05) is 0 Å². The highest BCUT2D eigenvalue weighted by Gasteiger charge is 2.07. The Morgan fingerprint density at radius 2 is 2.00 bits per heavy atom.